The zero-order valence-corrected chi connectivity index (χ0v) is 25.4. The van der Waals surface area contributed by atoms with E-state index in [9.17, 15) is 92.2 Å². The Labute approximate surface area is 268 Å². The zero-order valence-electron chi connectivity index (χ0n) is 25.4. The Morgan fingerprint density at radius 2 is 0.540 bits per heavy atom. The number of halogens is 21. The number of ether oxygens (including phenoxy) is 3. The molecule has 3 N–H and O–H groups in total. The fraction of sp³-hybridized carbons (Fsp3) is 1.00. The third-order valence-electron chi connectivity index (χ3n) is 6.16. The molecule has 0 fully saturated rings. The van der Waals surface area contributed by atoms with Gasteiger partial charge in [-0.2, -0.15) is 92.2 Å². The van der Waals surface area contributed by atoms with Gasteiger partial charge in [-0.3, -0.25) is 16.0 Å². The molecular formula is C23H30F21N3O3. The maximum absolute atomic E-state index is 14.3. The van der Waals surface area contributed by atoms with Crippen LogP contribution in [0.2, 0.25) is 0 Å². The van der Waals surface area contributed by atoms with Crippen molar-refractivity contribution in [3.05, 3.63) is 0 Å². The Morgan fingerprint density at radius 3 is 0.680 bits per heavy atom. The van der Waals surface area contributed by atoms with Gasteiger partial charge in [0.2, 0.25) is 18.1 Å². The van der Waals surface area contributed by atoms with Gasteiger partial charge in [0.05, 0.1) is 39.6 Å². The van der Waals surface area contributed by atoms with Crippen LogP contribution in [0.1, 0.15) is 20.8 Å². The normalized spacial score (nSPS) is 17.8. The SMILES string of the molecule is CC(COCC(COCC(C)NC(C(F)(F)F)C(F)(F)F)(COCC(C)NC(C(F)(F)F)C(F)(F)F)C(F)(F)F)NC(C(F)(F)F)C(F)(F)F. The van der Waals surface area contributed by atoms with Crippen molar-refractivity contribution in [1.82, 2.24) is 16.0 Å². The van der Waals surface area contributed by atoms with Crippen molar-refractivity contribution in [2.24, 2.45) is 5.41 Å². The summed E-state index contributed by atoms with van der Waals surface area (Å²) in [6, 6.07) is -18.6. The summed E-state index contributed by atoms with van der Waals surface area (Å²) in [6.07, 6.45) is -41.4. The topological polar surface area (TPSA) is 63.8 Å². The molecule has 0 radical (unpaired) electrons. The van der Waals surface area contributed by atoms with E-state index >= 15 is 0 Å². The summed E-state index contributed by atoms with van der Waals surface area (Å²) in [5.74, 6) is 0. The second-order valence-electron chi connectivity index (χ2n) is 11.1. The maximum Gasteiger partial charge on any atom is 0.412 e. The molecule has 0 saturated heterocycles. The van der Waals surface area contributed by atoms with E-state index in [1.165, 1.54) is 0 Å². The van der Waals surface area contributed by atoms with Gasteiger partial charge in [-0.15, -0.1) is 0 Å². The van der Waals surface area contributed by atoms with E-state index in [2.05, 4.69) is 14.2 Å². The first kappa shape index (κ1) is 48.3. The van der Waals surface area contributed by atoms with Gasteiger partial charge >= 0.3 is 43.2 Å². The highest BCUT2D eigenvalue weighted by Gasteiger charge is 2.60. The number of alkyl halides is 21. The van der Waals surface area contributed by atoms with Crippen LogP contribution in [0.4, 0.5) is 92.2 Å². The van der Waals surface area contributed by atoms with Crippen molar-refractivity contribution in [1.29, 1.82) is 0 Å². The Morgan fingerprint density at radius 1 is 0.360 bits per heavy atom. The van der Waals surface area contributed by atoms with Crippen molar-refractivity contribution in [3.8, 4) is 0 Å². The zero-order chi connectivity index (χ0) is 39.9. The van der Waals surface area contributed by atoms with Gasteiger partial charge in [0.25, 0.3) is 0 Å². The van der Waals surface area contributed by atoms with Crippen LogP contribution in [0.15, 0.2) is 0 Å². The molecule has 0 bridgehead atoms. The molecule has 0 rings (SSSR count). The van der Waals surface area contributed by atoms with E-state index in [1.807, 2.05) is 0 Å². The summed E-state index contributed by atoms with van der Waals surface area (Å²) in [6.45, 7) is -7.81. The molecule has 0 amide bonds. The first-order valence-electron chi connectivity index (χ1n) is 13.4. The van der Waals surface area contributed by atoms with Gasteiger partial charge < -0.3 is 14.2 Å². The molecule has 27 heteroatoms. The number of hydrogen-bond acceptors (Lipinski definition) is 6. The molecular weight excluding hydrogens is 765 g/mol. The fourth-order valence-electron chi connectivity index (χ4n) is 3.79. The molecule has 0 aliphatic rings. The first-order chi connectivity index (χ1) is 21.9. The fourth-order valence-corrected chi connectivity index (χ4v) is 3.79. The number of hydrogen-bond donors (Lipinski definition) is 3. The maximum atomic E-state index is 14.3. The van der Waals surface area contributed by atoms with Gasteiger partial charge in [-0.25, -0.2) is 0 Å². The Kier molecular flexibility index (Phi) is 16.8. The van der Waals surface area contributed by atoms with Crippen LogP contribution in [0, 0.1) is 5.41 Å². The molecule has 0 aromatic heterocycles. The lowest BCUT2D eigenvalue weighted by Gasteiger charge is -2.36. The Balaban J connectivity index is 6.08. The van der Waals surface area contributed by atoms with Crippen LogP contribution in [-0.4, -0.2) is 119 Å². The highest BCUT2D eigenvalue weighted by molar-refractivity contribution is 4.90. The monoisotopic (exact) mass is 795 g/mol. The van der Waals surface area contributed by atoms with E-state index < -0.39 is 125 Å². The van der Waals surface area contributed by atoms with Crippen molar-refractivity contribution in [2.45, 2.75) is 100 Å². The lowest BCUT2D eigenvalue weighted by Crippen LogP contribution is -2.57. The molecule has 0 spiro atoms. The molecule has 0 aliphatic carbocycles. The molecule has 6 nitrogen and oxygen atoms in total. The van der Waals surface area contributed by atoms with Crippen molar-refractivity contribution >= 4 is 0 Å². The van der Waals surface area contributed by atoms with Gasteiger partial charge in [-0.05, 0) is 20.8 Å². The second-order valence-corrected chi connectivity index (χ2v) is 11.1. The average molecular weight is 795 g/mol. The molecule has 0 aliphatic heterocycles. The minimum absolute atomic E-state index is 0.600. The Bertz CT molecular complexity index is 834. The predicted molar refractivity (Wildman–Crippen MR) is 126 cm³/mol. The highest BCUT2D eigenvalue weighted by Crippen LogP contribution is 2.41. The highest BCUT2D eigenvalue weighted by atomic mass is 19.4. The number of nitrogens with one attached hydrogen (secondary N) is 3. The summed E-state index contributed by atoms with van der Waals surface area (Å²) < 4.78 is 287. The predicted octanol–water partition coefficient (Wildman–Crippen LogP) is 7.00. The van der Waals surface area contributed by atoms with E-state index in [1.54, 1.807) is 0 Å². The minimum atomic E-state index is -5.95. The van der Waals surface area contributed by atoms with Gasteiger partial charge in [0.15, 0.2) is 0 Å². The number of rotatable bonds is 18. The summed E-state index contributed by atoms with van der Waals surface area (Å²) in [5.41, 5.74) is -3.67. The van der Waals surface area contributed by atoms with Crippen LogP contribution >= 0.6 is 0 Å². The third kappa shape index (κ3) is 16.3. The van der Waals surface area contributed by atoms with Crippen molar-refractivity contribution < 1.29 is 106 Å². The molecule has 3 atom stereocenters. The van der Waals surface area contributed by atoms with E-state index in [0.717, 1.165) is 16.0 Å². The standard InChI is InChI=1S/C23H30F21N3O3/c1-10(45-13(17(24,25)26)18(27,28)29)4-48-7-16(23(42,43)44,8-49-5-11(2)46-14(19(30,31)32)20(33,34)35)9-50-6-12(3)47-15(21(36,37)38)22(39,40)41/h10-15,45-47H,4-9H2,1-3H3. The van der Waals surface area contributed by atoms with Gasteiger partial charge in [-0.1, -0.05) is 0 Å². The molecule has 0 heterocycles. The quantitative estimate of drug-likeness (QED) is 0.130. The molecule has 0 aromatic rings. The van der Waals surface area contributed by atoms with Crippen LogP contribution in [0.3, 0.4) is 0 Å². The van der Waals surface area contributed by atoms with Crippen LogP contribution in [-0.2, 0) is 14.2 Å². The summed E-state index contributed by atoms with van der Waals surface area (Å²) in [5, 5.41) is 3.06. The van der Waals surface area contributed by atoms with Crippen molar-refractivity contribution in [2.75, 3.05) is 39.6 Å². The van der Waals surface area contributed by atoms with E-state index in [4.69, 9.17) is 0 Å². The van der Waals surface area contributed by atoms with Gasteiger partial charge in [0, 0.05) is 18.1 Å². The molecule has 0 saturated carbocycles. The third-order valence-corrected chi connectivity index (χ3v) is 6.16. The Hall–Kier alpha value is -1.71. The smallest absolute Gasteiger partial charge is 0.379 e. The summed E-state index contributed by atoms with van der Waals surface area (Å²) in [7, 11) is 0. The lowest BCUT2D eigenvalue weighted by molar-refractivity contribution is -0.274. The first-order valence-corrected chi connectivity index (χ1v) is 13.4. The second kappa shape index (κ2) is 17.4. The molecule has 302 valence electrons. The average Bonchev–Trinajstić information content (AvgIpc) is 2.84. The summed E-state index contributed by atoms with van der Waals surface area (Å²) in [4.78, 5) is 0. The van der Waals surface area contributed by atoms with Crippen LogP contribution < -0.4 is 16.0 Å². The molecule has 50 heavy (non-hydrogen) atoms. The van der Waals surface area contributed by atoms with E-state index in [-0.39, 0.29) is 0 Å². The van der Waals surface area contributed by atoms with Crippen LogP contribution in [0.25, 0.3) is 0 Å². The molecule has 0 aromatic carbocycles. The van der Waals surface area contributed by atoms with Crippen LogP contribution in [0.5, 0.6) is 0 Å². The minimum Gasteiger partial charge on any atom is -0.379 e. The van der Waals surface area contributed by atoms with Gasteiger partial charge in [0.1, 0.15) is 5.41 Å². The van der Waals surface area contributed by atoms with E-state index in [0.29, 0.717) is 20.8 Å². The largest absolute Gasteiger partial charge is 0.412 e. The molecule has 3 unspecified atom stereocenters. The summed E-state index contributed by atoms with van der Waals surface area (Å²) >= 11 is 0. The lowest BCUT2D eigenvalue weighted by atomic mass is 9.90. The van der Waals surface area contributed by atoms with Crippen molar-refractivity contribution in [3.63, 3.8) is 0 Å².